The van der Waals surface area contributed by atoms with E-state index in [1.807, 2.05) is 6.92 Å². The summed E-state index contributed by atoms with van der Waals surface area (Å²) in [7, 11) is 18.0. The Morgan fingerprint density at radius 2 is 0.440 bits per heavy atom. The fourth-order valence-electron chi connectivity index (χ4n) is 3.57. The summed E-state index contributed by atoms with van der Waals surface area (Å²) in [4.78, 5) is 86.3. The number of methoxy groups -OCH3 is 11. The number of unbranched alkanes of at least 4 members (excludes halogenated alkanes) is 1. The van der Waals surface area contributed by atoms with Crippen molar-refractivity contribution in [1.29, 1.82) is 0 Å². The Labute approximate surface area is 446 Å². The van der Waals surface area contributed by atoms with Gasteiger partial charge in [-0.3, -0.25) is 38.4 Å². The Morgan fingerprint density at radius 1 is 0.240 bits per heavy atom. The van der Waals surface area contributed by atoms with Gasteiger partial charge in [-0.1, -0.05) is 20.3 Å². The lowest BCUT2D eigenvalue weighted by Gasteiger charge is -2.06. The largest absolute Gasteiger partial charge is 0.469 e. The predicted molar refractivity (Wildman–Crippen MR) is 271 cm³/mol. The number of rotatable bonds is 38. The van der Waals surface area contributed by atoms with Crippen LogP contribution in [0.4, 0.5) is 0 Å². The second kappa shape index (κ2) is 78.2. The third-order valence-electron chi connectivity index (χ3n) is 7.47. The monoisotopic (exact) mass is 1100 g/mol. The summed E-state index contributed by atoms with van der Waals surface area (Å²) in [5.74, 6) is -3.32. The summed E-state index contributed by atoms with van der Waals surface area (Å²) in [6, 6.07) is 0. The molecule has 26 nitrogen and oxygen atoms in total. The molecule has 0 unspecified atom stereocenters. The van der Waals surface area contributed by atoms with Crippen LogP contribution in [0, 0.1) is 0 Å². The maximum atomic E-state index is 11.2. The van der Waals surface area contributed by atoms with Crippen LogP contribution in [0.5, 0.6) is 0 Å². The summed E-state index contributed by atoms with van der Waals surface area (Å²) in [5, 5.41) is 0. The topological polar surface area (TPSA) is 303 Å². The van der Waals surface area contributed by atoms with E-state index in [1.165, 1.54) is 49.1 Å². The molecule has 26 heteroatoms. The molecule has 0 bridgehead atoms. The van der Waals surface area contributed by atoms with Gasteiger partial charge < -0.3 is 85.3 Å². The predicted octanol–water partition coefficient (Wildman–Crippen LogP) is 3.30. The van der Waals surface area contributed by atoms with E-state index < -0.39 is 47.8 Å². The van der Waals surface area contributed by atoms with Gasteiger partial charge in [0.2, 0.25) is 0 Å². The van der Waals surface area contributed by atoms with E-state index in [-0.39, 0.29) is 77.8 Å². The number of hydrogen-bond donors (Lipinski definition) is 0. The van der Waals surface area contributed by atoms with Crippen LogP contribution in [0.3, 0.4) is 0 Å². The van der Waals surface area contributed by atoms with E-state index in [4.69, 9.17) is 47.4 Å². The zero-order valence-corrected chi connectivity index (χ0v) is 47.7. The van der Waals surface area contributed by atoms with E-state index in [1.54, 1.807) is 42.7 Å². The minimum absolute atomic E-state index is 0.00386. The molecule has 75 heavy (non-hydrogen) atoms. The van der Waals surface area contributed by atoms with Gasteiger partial charge in [0.05, 0.1) is 146 Å². The van der Waals surface area contributed by atoms with E-state index in [9.17, 15) is 38.4 Å². The molecule has 0 aliphatic heterocycles. The van der Waals surface area contributed by atoms with Gasteiger partial charge in [-0.2, -0.15) is 0 Å². The van der Waals surface area contributed by atoms with Crippen molar-refractivity contribution in [1.82, 2.24) is 0 Å². The molecular weight excluding hydrogens is 1000 g/mol. The molecular formula is C49H96O26. The van der Waals surface area contributed by atoms with E-state index in [0.717, 1.165) is 26.1 Å². The first-order valence-electron chi connectivity index (χ1n) is 24.0. The number of carbonyl (C=O) groups excluding carboxylic acids is 8. The molecule has 0 heterocycles. The molecule has 0 aromatic heterocycles. The van der Waals surface area contributed by atoms with Gasteiger partial charge in [-0.05, 0) is 12.8 Å². The average molecular weight is 1100 g/mol. The molecule has 448 valence electrons. The smallest absolute Gasteiger partial charge is 0.306 e. The lowest BCUT2D eigenvalue weighted by Crippen LogP contribution is -2.15. The SMILES string of the molecule is CCCCOCCOC.CCCOCCOC(=O)CCC(=O)OC.COC.COC(=O)CCC(=O)OC.COCCOC.COCCOC(=O)CCC(=O)OC.COCCOCCOC(=O)CCC(=O)OCCOC. The molecule has 0 N–H and O–H groups in total. The average Bonchev–Trinajstić information content (AvgIpc) is 3.41. The molecule has 0 aromatic rings. The third kappa shape index (κ3) is 95.7. The van der Waals surface area contributed by atoms with Crippen molar-refractivity contribution < 1.29 is 124 Å². The van der Waals surface area contributed by atoms with Crippen LogP contribution in [0.2, 0.25) is 0 Å². The second-order valence-corrected chi connectivity index (χ2v) is 13.7. The lowest BCUT2D eigenvalue weighted by molar-refractivity contribution is -0.151. The van der Waals surface area contributed by atoms with E-state index in [0.29, 0.717) is 66.1 Å². The summed E-state index contributed by atoms with van der Waals surface area (Å²) in [5.41, 5.74) is 0. The zero-order valence-electron chi connectivity index (χ0n) is 47.7. The van der Waals surface area contributed by atoms with Gasteiger partial charge in [-0.15, -0.1) is 0 Å². The zero-order chi connectivity index (χ0) is 58.4. The van der Waals surface area contributed by atoms with Crippen LogP contribution in [-0.4, -0.2) is 239 Å². The van der Waals surface area contributed by atoms with E-state index >= 15 is 0 Å². The number of esters is 8. The number of hydrogen-bond acceptors (Lipinski definition) is 26. The highest BCUT2D eigenvalue weighted by Gasteiger charge is 2.10. The first-order chi connectivity index (χ1) is 36.1. The summed E-state index contributed by atoms with van der Waals surface area (Å²) < 4.78 is 84.5. The van der Waals surface area contributed by atoms with Crippen molar-refractivity contribution in [2.24, 2.45) is 0 Å². The molecule has 0 saturated heterocycles. The van der Waals surface area contributed by atoms with Crippen molar-refractivity contribution in [3.05, 3.63) is 0 Å². The highest BCUT2D eigenvalue weighted by Crippen LogP contribution is 1.98. The van der Waals surface area contributed by atoms with Crippen LogP contribution in [0.25, 0.3) is 0 Å². The molecule has 0 radical (unpaired) electrons. The standard InChI is InChI=1S/C12H22O7.C10H18O5.C8H14O5.C7H16O2.C6H10O4.C4H10O2.C2H6O/c1-15-5-7-17-8-10-19-12(14)4-3-11(13)18-9-6-16-2;1-3-6-14-7-8-15-10(12)5-4-9(11)13-2;1-11-5-6-13-8(10)4-3-7(9)12-2;1-3-4-5-9-7-6-8-2;1-9-5(7)3-4-6(8)10-2;1-5-3-4-6-2;1-3-2/h3-10H2,1-2H3;3-8H2,1-2H3;3-6H2,1-2H3;3-7H2,1-2H3;3-4H2,1-2H3;3-4H2,1-2H3;1-2H3. The van der Waals surface area contributed by atoms with Crippen molar-refractivity contribution in [2.45, 2.75) is 84.5 Å². The Kier molecular flexibility index (Phi) is 88.0. The van der Waals surface area contributed by atoms with Crippen LogP contribution in [0.1, 0.15) is 84.5 Å². The van der Waals surface area contributed by atoms with Crippen LogP contribution in [0.15, 0.2) is 0 Å². The molecule has 0 rings (SSSR count). The first-order valence-corrected chi connectivity index (χ1v) is 24.0. The Balaban J connectivity index is -0.000000151. The van der Waals surface area contributed by atoms with Crippen molar-refractivity contribution in [3.63, 3.8) is 0 Å². The van der Waals surface area contributed by atoms with Gasteiger partial charge in [0.25, 0.3) is 0 Å². The lowest BCUT2D eigenvalue weighted by atomic mass is 10.3. The Bertz CT molecular complexity index is 1230. The molecule has 0 fully saturated rings. The Hall–Kier alpha value is -4.64. The summed E-state index contributed by atoms with van der Waals surface area (Å²) in [6.45, 7) is 11.7. The highest BCUT2D eigenvalue weighted by molar-refractivity contribution is 5.79. The maximum absolute atomic E-state index is 11.2. The van der Waals surface area contributed by atoms with E-state index in [2.05, 4.69) is 44.8 Å². The van der Waals surface area contributed by atoms with Gasteiger partial charge >= 0.3 is 47.8 Å². The molecule has 0 spiro atoms. The van der Waals surface area contributed by atoms with Gasteiger partial charge in [0.15, 0.2) is 0 Å². The maximum Gasteiger partial charge on any atom is 0.306 e. The first kappa shape index (κ1) is 84.3. The highest BCUT2D eigenvalue weighted by atomic mass is 16.6. The molecule has 0 aliphatic rings. The normalized spacial score (nSPS) is 9.47. The molecule has 0 amide bonds. The Morgan fingerprint density at radius 3 is 0.680 bits per heavy atom. The van der Waals surface area contributed by atoms with Gasteiger partial charge in [-0.25, -0.2) is 0 Å². The number of ether oxygens (including phenoxy) is 18. The molecule has 0 aliphatic carbocycles. The third-order valence-corrected chi connectivity index (χ3v) is 7.47. The van der Waals surface area contributed by atoms with Crippen LogP contribution in [-0.2, 0) is 124 Å². The minimum atomic E-state index is -0.445. The fourth-order valence-corrected chi connectivity index (χ4v) is 3.57. The van der Waals surface area contributed by atoms with Gasteiger partial charge in [0.1, 0.15) is 26.4 Å². The summed E-state index contributed by atoms with van der Waals surface area (Å²) >= 11 is 0. The van der Waals surface area contributed by atoms with Crippen molar-refractivity contribution >= 4 is 47.8 Å². The fraction of sp³-hybridized carbons (Fsp3) is 0.837. The van der Waals surface area contributed by atoms with Crippen molar-refractivity contribution in [3.8, 4) is 0 Å². The van der Waals surface area contributed by atoms with Crippen LogP contribution < -0.4 is 0 Å². The second-order valence-electron chi connectivity index (χ2n) is 13.7. The summed E-state index contributed by atoms with van der Waals surface area (Å²) in [6.07, 6.45) is 3.71. The quantitative estimate of drug-likeness (QED) is 0.0486. The number of carbonyl (C=O) groups is 8. The van der Waals surface area contributed by atoms with Crippen LogP contribution >= 0.6 is 0 Å². The van der Waals surface area contributed by atoms with Gasteiger partial charge in [0, 0.05) is 70.1 Å². The minimum Gasteiger partial charge on any atom is -0.469 e. The molecule has 0 atom stereocenters. The van der Waals surface area contributed by atoms with Crippen molar-refractivity contribution in [2.75, 3.05) is 191 Å². The molecule has 0 aromatic carbocycles. The molecule has 0 saturated carbocycles.